The summed E-state index contributed by atoms with van der Waals surface area (Å²) >= 11 is 0. The lowest BCUT2D eigenvalue weighted by molar-refractivity contribution is 0.240. The molecule has 1 aromatic rings. The minimum absolute atomic E-state index is 0.594. The Balaban J connectivity index is 2.22. The Morgan fingerprint density at radius 2 is 1.50 bits per heavy atom. The number of aryl methyl sites for hydroxylation is 1. The van der Waals surface area contributed by atoms with Gasteiger partial charge in [0.15, 0.2) is 0 Å². The molecule has 0 spiro atoms. The molecule has 2 heteroatoms. The highest BCUT2D eigenvalue weighted by Gasteiger charge is 2.27. The van der Waals surface area contributed by atoms with E-state index in [0.717, 1.165) is 13.1 Å². The van der Waals surface area contributed by atoms with Gasteiger partial charge in [-0.3, -0.25) is 0 Å². The molecule has 88 valence electrons. The zero-order chi connectivity index (χ0) is 11.7. The third-order valence-corrected chi connectivity index (χ3v) is 3.43. The van der Waals surface area contributed by atoms with Gasteiger partial charge in [-0.2, -0.15) is 0 Å². The fourth-order valence-corrected chi connectivity index (χ4v) is 2.81. The Labute approximate surface area is 98.9 Å². The van der Waals surface area contributed by atoms with Crippen LogP contribution in [-0.2, 0) is 0 Å². The number of nitrogens with zero attached hydrogens (tertiary/aromatic N) is 2. The normalized spacial score (nSPS) is 27.1. The molecule has 0 aromatic heterocycles. The Morgan fingerprint density at radius 1 is 1.00 bits per heavy atom. The number of piperazine rings is 1. The third-order valence-electron chi connectivity index (χ3n) is 3.43. The van der Waals surface area contributed by atoms with Crippen LogP contribution in [0.25, 0.3) is 0 Å². The van der Waals surface area contributed by atoms with Crippen LogP contribution >= 0.6 is 0 Å². The highest BCUT2D eigenvalue weighted by Crippen LogP contribution is 2.24. The van der Waals surface area contributed by atoms with Crippen molar-refractivity contribution in [3.8, 4) is 0 Å². The maximum atomic E-state index is 2.54. The summed E-state index contributed by atoms with van der Waals surface area (Å²) in [6, 6.07) is 10.1. The second kappa shape index (κ2) is 4.46. The van der Waals surface area contributed by atoms with Crippen LogP contribution < -0.4 is 4.90 Å². The lowest BCUT2D eigenvalue weighted by Gasteiger charge is -2.44. The summed E-state index contributed by atoms with van der Waals surface area (Å²) in [5.41, 5.74) is 2.69. The molecule has 2 unspecified atom stereocenters. The van der Waals surface area contributed by atoms with Crippen LogP contribution in [0.5, 0.6) is 0 Å². The molecule has 1 heterocycles. The van der Waals surface area contributed by atoms with Gasteiger partial charge in [-0.15, -0.1) is 0 Å². The smallest absolute Gasteiger partial charge is 0.0392 e. The lowest BCUT2D eigenvalue weighted by atomic mass is 10.1. The quantitative estimate of drug-likeness (QED) is 0.714. The van der Waals surface area contributed by atoms with Gasteiger partial charge in [0.25, 0.3) is 0 Å². The van der Waals surface area contributed by atoms with E-state index in [-0.39, 0.29) is 0 Å². The van der Waals surface area contributed by atoms with Crippen LogP contribution in [0.4, 0.5) is 5.69 Å². The standard InChI is InChI=1S/C14H22N2/c1-11-5-7-14(8-6-11)16-12(2)9-15(4)10-13(16)3/h5-8,12-13H,9-10H2,1-4H3. The van der Waals surface area contributed by atoms with E-state index in [4.69, 9.17) is 0 Å². The van der Waals surface area contributed by atoms with Crippen LogP contribution in [-0.4, -0.2) is 37.1 Å². The number of rotatable bonds is 1. The van der Waals surface area contributed by atoms with Gasteiger partial charge in [-0.25, -0.2) is 0 Å². The van der Waals surface area contributed by atoms with E-state index in [1.54, 1.807) is 0 Å². The number of likely N-dealkylation sites (N-methyl/N-ethyl adjacent to an activating group) is 1. The zero-order valence-electron chi connectivity index (χ0n) is 10.8. The second-order valence-corrected chi connectivity index (χ2v) is 5.16. The number of hydrogen-bond acceptors (Lipinski definition) is 2. The Bertz CT molecular complexity index is 332. The molecule has 1 aliphatic heterocycles. The molecular weight excluding hydrogens is 196 g/mol. The van der Waals surface area contributed by atoms with Crippen molar-refractivity contribution < 1.29 is 0 Å². The van der Waals surface area contributed by atoms with Crippen molar-refractivity contribution in [2.75, 3.05) is 25.0 Å². The highest BCUT2D eigenvalue weighted by atomic mass is 15.3. The largest absolute Gasteiger partial charge is 0.364 e. The van der Waals surface area contributed by atoms with Gasteiger partial charge in [0, 0.05) is 30.9 Å². The molecule has 0 N–H and O–H groups in total. The molecule has 2 rings (SSSR count). The van der Waals surface area contributed by atoms with Gasteiger partial charge >= 0.3 is 0 Å². The number of anilines is 1. The van der Waals surface area contributed by atoms with Crippen molar-refractivity contribution in [3.63, 3.8) is 0 Å². The first-order chi connectivity index (χ1) is 7.58. The topological polar surface area (TPSA) is 6.48 Å². The van der Waals surface area contributed by atoms with Gasteiger partial charge in [-0.1, -0.05) is 17.7 Å². The van der Waals surface area contributed by atoms with E-state index >= 15 is 0 Å². The van der Waals surface area contributed by atoms with Crippen molar-refractivity contribution in [1.82, 2.24) is 4.90 Å². The van der Waals surface area contributed by atoms with Gasteiger partial charge in [-0.05, 0) is 40.0 Å². The van der Waals surface area contributed by atoms with Gasteiger partial charge in [0.2, 0.25) is 0 Å². The molecule has 0 bridgehead atoms. The van der Waals surface area contributed by atoms with E-state index < -0.39 is 0 Å². The molecule has 16 heavy (non-hydrogen) atoms. The molecule has 1 aromatic carbocycles. The molecule has 0 saturated carbocycles. The van der Waals surface area contributed by atoms with Crippen LogP contribution in [0.15, 0.2) is 24.3 Å². The predicted molar refractivity (Wildman–Crippen MR) is 70.1 cm³/mol. The van der Waals surface area contributed by atoms with E-state index in [2.05, 4.69) is 61.9 Å². The SMILES string of the molecule is Cc1ccc(N2C(C)CN(C)CC2C)cc1. The lowest BCUT2D eigenvalue weighted by Crippen LogP contribution is -2.55. The van der Waals surface area contributed by atoms with Crippen molar-refractivity contribution in [1.29, 1.82) is 0 Å². The fraction of sp³-hybridized carbons (Fsp3) is 0.571. The minimum atomic E-state index is 0.594. The molecule has 1 saturated heterocycles. The van der Waals surface area contributed by atoms with Crippen molar-refractivity contribution in [2.45, 2.75) is 32.9 Å². The van der Waals surface area contributed by atoms with Crippen molar-refractivity contribution in [2.24, 2.45) is 0 Å². The first kappa shape index (κ1) is 11.5. The summed E-state index contributed by atoms with van der Waals surface area (Å²) in [6.07, 6.45) is 0. The molecule has 0 aliphatic carbocycles. The van der Waals surface area contributed by atoms with Crippen LogP contribution in [0.1, 0.15) is 19.4 Å². The molecule has 2 atom stereocenters. The molecule has 1 aliphatic rings. The van der Waals surface area contributed by atoms with Crippen LogP contribution in [0.2, 0.25) is 0 Å². The van der Waals surface area contributed by atoms with E-state index in [9.17, 15) is 0 Å². The molecule has 0 amide bonds. The monoisotopic (exact) mass is 218 g/mol. The second-order valence-electron chi connectivity index (χ2n) is 5.16. The average molecular weight is 218 g/mol. The summed E-state index contributed by atoms with van der Waals surface area (Å²) in [5, 5.41) is 0. The van der Waals surface area contributed by atoms with E-state index in [0.29, 0.717) is 12.1 Å². The summed E-state index contributed by atoms with van der Waals surface area (Å²) in [6.45, 7) is 9.06. The van der Waals surface area contributed by atoms with Gasteiger partial charge in [0.1, 0.15) is 0 Å². The molecule has 1 fully saturated rings. The molecular formula is C14H22N2. The molecule has 2 nitrogen and oxygen atoms in total. The van der Waals surface area contributed by atoms with Gasteiger partial charge in [0.05, 0.1) is 0 Å². The Morgan fingerprint density at radius 3 is 2.00 bits per heavy atom. The number of hydrogen-bond donors (Lipinski definition) is 0. The first-order valence-electron chi connectivity index (χ1n) is 6.11. The maximum absolute atomic E-state index is 2.54. The predicted octanol–water partition coefficient (Wildman–Crippen LogP) is 2.52. The van der Waals surface area contributed by atoms with E-state index in [1.165, 1.54) is 11.3 Å². The Hall–Kier alpha value is -1.02. The fourth-order valence-electron chi connectivity index (χ4n) is 2.81. The maximum Gasteiger partial charge on any atom is 0.0392 e. The zero-order valence-corrected chi connectivity index (χ0v) is 10.8. The van der Waals surface area contributed by atoms with E-state index in [1.807, 2.05) is 0 Å². The first-order valence-corrected chi connectivity index (χ1v) is 6.11. The summed E-state index contributed by atoms with van der Waals surface area (Å²) < 4.78 is 0. The van der Waals surface area contributed by atoms with Crippen molar-refractivity contribution in [3.05, 3.63) is 29.8 Å². The Kier molecular flexibility index (Phi) is 3.20. The van der Waals surface area contributed by atoms with Gasteiger partial charge < -0.3 is 9.80 Å². The highest BCUT2D eigenvalue weighted by molar-refractivity contribution is 5.50. The van der Waals surface area contributed by atoms with Crippen molar-refractivity contribution >= 4 is 5.69 Å². The average Bonchev–Trinajstić information content (AvgIpc) is 2.19. The summed E-state index contributed by atoms with van der Waals surface area (Å²) in [7, 11) is 2.21. The summed E-state index contributed by atoms with van der Waals surface area (Å²) in [5.74, 6) is 0. The summed E-state index contributed by atoms with van der Waals surface area (Å²) in [4.78, 5) is 4.96. The van der Waals surface area contributed by atoms with Crippen LogP contribution in [0, 0.1) is 6.92 Å². The molecule has 0 radical (unpaired) electrons. The number of benzene rings is 1. The minimum Gasteiger partial charge on any atom is -0.364 e. The third kappa shape index (κ3) is 2.22. The van der Waals surface area contributed by atoms with Crippen LogP contribution in [0.3, 0.4) is 0 Å².